The van der Waals surface area contributed by atoms with Gasteiger partial charge < -0.3 is 4.57 Å². The van der Waals surface area contributed by atoms with Crippen molar-refractivity contribution in [2.24, 2.45) is 0 Å². The first-order chi connectivity index (χ1) is 14.2. The monoisotopic (exact) mass is 403 g/mol. The molecule has 0 aliphatic carbocycles. The lowest BCUT2D eigenvalue weighted by Gasteiger charge is -2.21. The molecule has 4 rings (SSSR count). The average molecular weight is 404 g/mol. The van der Waals surface area contributed by atoms with Crippen LogP contribution in [0.5, 0.6) is 0 Å². The van der Waals surface area contributed by atoms with E-state index in [0.717, 1.165) is 40.3 Å². The van der Waals surface area contributed by atoms with Gasteiger partial charge in [0.2, 0.25) is 0 Å². The van der Waals surface area contributed by atoms with Gasteiger partial charge in [-0.25, -0.2) is 9.37 Å². The molecule has 3 nitrogen and oxygen atoms in total. The zero-order chi connectivity index (χ0) is 20.2. The van der Waals surface area contributed by atoms with Gasteiger partial charge in [-0.15, -0.1) is 11.8 Å². The Morgan fingerprint density at radius 3 is 2.21 bits per heavy atom. The van der Waals surface area contributed by atoms with Gasteiger partial charge in [0.1, 0.15) is 11.6 Å². The highest BCUT2D eigenvalue weighted by atomic mass is 32.2. The zero-order valence-electron chi connectivity index (χ0n) is 16.4. The molecule has 2 aromatic heterocycles. The molecular weight excluding hydrogens is 381 g/mol. The third-order valence-electron chi connectivity index (χ3n) is 4.92. The summed E-state index contributed by atoms with van der Waals surface area (Å²) >= 11 is 1.80. The van der Waals surface area contributed by atoms with Crippen LogP contribution >= 0.6 is 11.8 Å². The maximum Gasteiger partial charge on any atom is 0.142 e. The van der Waals surface area contributed by atoms with E-state index >= 15 is 0 Å². The summed E-state index contributed by atoms with van der Waals surface area (Å²) in [7, 11) is 0. The zero-order valence-corrected chi connectivity index (χ0v) is 17.2. The third-order valence-corrected chi connectivity index (χ3v) is 6.01. The molecule has 2 aromatic carbocycles. The van der Waals surface area contributed by atoms with Crippen LogP contribution in [0.4, 0.5) is 4.39 Å². The number of aromatic nitrogens is 3. The molecule has 1 atom stereocenters. The van der Waals surface area contributed by atoms with Gasteiger partial charge in [0.05, 0.1) is 16.8 Å². The van der Waals surface area contributed by atoms with Crippen LogP contribution in [0.15, 0.2) is 79.1 Å². The summed E-state index contributed by atoms with van der Waals surface area (Å²) in [6.07, 6.45) is 6.67. The van der Waals surface area contributed by atoms with Crippen LogP contribution in [0.25, 0.3) is 33.9 Å². The van der Waals surface area contributed by atoms with Crippen LogP contribution in [0, 0.1) is 5.82 Å². The van der Waals surface area contributed by atoms with Crippen molar-refractivity contribution in [3.05, 3.63) is 84.9 Å². The van der Waals surface area contributed by atoms with Crippen LogP contribution in [-0.2, 0) is 0 Å². The minimum absolute atomic E-state index is 0.218. The molecule has 4 aromatic rings. The molecule has 0 aliphatic heterocycles. The van der Waals surface area contributed by atoms with Crippen molar-refractivity contribution in [2.75, 3.05) is 6.26 Å². The van der Waals surface area contributed by atoms with E-state index in [0.29, 0.717) is 0 Å². The number of pyridine rings is 1. The van der Waals surface area contributed by atoms with Crippen LogP contribution < -0.4 is 0 Å². The highest BCUT2D eigenvalue weighted by molar-refractivity contribution is 7.98. The Balaban J connectivity index is 2.06. The predicted molar refractivity (Wildman–Crippen MR) is 119 cm³/mol. The minimum atomic E-state index is -0.252. The highest BCUT2D eigenvalue weighted by Crippen LogP contribution is 2.41. The summed E-state index contributed by atoms with van der Waals surface area (Å²) in [5.74, 6) is 0.662. The fourth-order valence-corrected chi connectivity index (χ4v) is 4.30. The summed E-state index contributed by atoms with van der Waals surface area (Å²) in [6.45, 7) is 2.18. The maximum absolute atomic E-state index is 13.6. The second-order valence-electron chi connectivity index (χ2n) is 6.71. The van der Waals surface area contributed by atoms with E-state index in [1.807, 2.05) is 30.3 Å². The molecule has 0 saturated heterocycles. The molecule has 0 aliphatic rings. The lowest BCUT2D eigenvalue weighted by Crippen LogP contribution is -2.08. The quantitative estimate of drug-likeness (QED) is 0.359. The van der Waals surface area contributed by atoms with Crippen LogP contribution in [-0.4, -0.2) is 20.8 Å². The molecule has 0 saturated carbocycles. The number of imidazole rings is 1. The Labute approximate surface area is 174 Å². The number of thioether (sulfide) groups is 1. The summed E-state index contributed by atoms with van der Waals surface area (Å²) < 4.78 is 15.9. The molecule has 2 heterocycles. The van der Waals surface area contributed by atoms with Gasteiger partial charge in [-0.3, -0.25) is 4.98 Å². The van der Waals surface area contributed by atoms with Crippen LogP contribution in [0.2, 0.25) is 0 Å². The normalized spacial score (nSPS) is 12.1. The number of halogens is 1. The molecule has 0 radical (unpaired) electrons. The number of hydrogen-bond donors (Lipinski definition) is 0. The van der Waals surface area contributed by atoms with Gasteiger partial charge in [0.25, 0.3) is 0 Å². The van der Waals surface area contributed by atoms with Gasteiger partial charge in [-0.1, -0.05) is 37.3 Å². The summed E-state index contributed by atoms with van der Waals surface area (Å²) in [5.41, 5.74) is 4.87. The van der Waals surface area contributed by atoms with E-state index < -0.39 is 0 Å². The Bertz CT molecular complexity index is 1070. The molecule has 0 N–H and O–H groups in total. The predicted octanol–water partition coefficient (Wildman–Crippen LogP) is 6.69. The summed E-state index contributed by atoms with van der Waals surface area (Å²) in [6, 6.07) is 20.8. The highest BCUT2D eigenvalue weighted by Gasteiger charge is 2.25. The number of benzene rings is 2. The van der Waals surface area contributed by atoms with Gasteiger partial charge >= 0.3 is 0 Å². The van der Waals surface area contributed by atoms with Crippen molar-refractivity contribution in [1.29, 1.82) is 0 Å². The lowest BCUT2D eigenvalue weighted by molar-refractivity contribution is 0.628. The molecule has 0 fully saturated rings. The fourth-order valence-electron chi connectivity index (χ4n) is 3.55. The van der Waals surface area contributed by atoms with Crippen LogP contribution in [0.1, 0.15) is 18.7 Å². The lowest BCUT2D eigenvalue weighted by atomic mass is 10.1. The topological polar surface area (TPSA) is 30.7 Å². The van der Waals surface area contributed by atoms with E-state index in [4.69, 9.17) is 4.98 Å². The van der Waals surface area contributed by atoms with Gasteiger partial charge in [-0.2, -0.15) is 0 Å². The fraction of sp³-hybridized carbons (Fsp3) is 0.167. The number of hydrogen-bond acceptors (Lipinski definition) is 3. The maximum atomic E-state index is 13.6. The second-order valence-corrected chi connectivity index (χ2v) is 7.73. The first-order valence-electron chi connectivity index (χ1n) is 9.59. The average Bonchev–Trinajstić information content (AvgIpc) is 3.17. The van der Waals surface area contributed by atoms with E-state index in [-0.39, 0.29) is 11.2 Å². The van der Waals surface area contributed by atoms with Crippen molar-refractivity contribution >= 4 is 11.8 Å². The van der Waals surface area contributed by atoms with E-state index in [1.165, 1.54) is 12.1 Å². The number of nitrogens with zero attached hydrogens (tertiary/aromatic N) is 3. The van der Waals surface area contributed by atoms with Gasteiger partial charge in [0, 0.05) is 29.1 Å². The Kier molecular flexibility index (Phi) is 5.76. The van der Waals surface area contributed by atoms with Crippen molar-refractivity contribution in [3.8, 4) is 33.9 Å². The number of rotatable bonds is 6. The Morgan fingerprint density at radius 2 is 1.59 bits per heavy atom. The SMILES string of the molecule is CCC(SC)n1c(-c2ccccc2)nc(-c2ccc(F)cc2)c1-c1ccncc1. The molecule has 5 heteroatoms. The smallest absolute Gasteiger partial charge is 0.142 e. The molecular formula is C24H22FN3S. The van der Waals surface area contributed by atoms with E-state index in [1.54, 1.807) is 36.3 Å². The molecule has 146 valence electrons. The van der Waals surface area contributed by atoms with Crippen LogP contribution in [0.3, 0.4) is 0 Å². The molecule has 1 unspecified atom stereocenters. The summed E-state index contributed by atoms with van der Waals surface area (Å²) in [4.78, 5) is 9.26. The summed E-state index contributed by atoms with van der Waals surface area (Å²) in [5, 5.41) is 0.218. The van der Waals surface area contributed by atoms with Crippen molar-refractivity contribution in [1.82, 2.24) is 14.5 Å². The second kappa shape index (κ2) is 8.62. The molecule has 29 heavy (non-hydrogen) atoms. The Morgan fingerprint density at radius 1 is 0.897 bits per heavy atom. The largest absolute Gasteiger partial charge is 0.311 e. The van der Waals surface area contributed by atoms with E-state index in [2.05, 4.69) is 34.9 Å². The minimum Gasteiger partial charge on any atom is -0.311 e. The third kappa shape index (κ3) is 3.83. The van der Waals surface area contributed by atoms with Gasteiger partial charge in [-0.05, 0) is 49.1 Å². The molecule has 0 bridgehead atoms. The van der Waals surface area contributed by atoms with Gasteiger partial charge in [0.15, 0.2) is 0 Å². The first-order valence-corrected chi connectivity index (χ1v) is 10.9. The first kappa shape index (κ1) is 19.4. The standard InChI is InChI=1S/C24H22FN3S/c1-3-21(29-2)28-23(18-13-15-26-16-14-18)22(17-9-11-20(25)12-10-17)27-24(28)19-7-5-4-6-8-19/h4-16,21H,3H2,1-2H3. The Hall–Kier alpha value is -2.92. The molecule has 0 spiro atoms. The molecule has 0 amide bonds. The van der Waals surface area contributed by atoms with Crippen molar-refractivity contribution in [2.45, 2.75) is 18.7 Å². The van der Waals surface area contributed by atoms with E-state index in [9.17, 15) is 4.39 Å². The van der Waals surface area contributed by atoms with Crippen molar-refractivity contribution in [3.63, 3.8) is 0 Å². The van der Waals surface area contributed by atoms with Crippen molar-refractivity contribution < 1.29 is 4.39 Å².